The van der Waals surface area contributed by atoms with E-state index in [4.69, 9.17) is 21.1 Å². The zero-order chi connectivity index (χ0) is 23.8. The molecule has 1 heterocycles. The van der Waals surface area contributed by atoms with Crippen molar-refractivity contribution in [2.45, 2.75) is 30.6 Å². The summed E-state index contributed by atoms with van der Waals surface area (Å²) in [5.41, 5.74) is 1.04. The van der Waals surface area contributed by atoms with Gasteiger partial charge in [-0.05, 0) is 55.2 Å². The molecule has 2 aromatic rings. The van der Waals surface area contributed by atoms with Crippen molar-refractivity contribution in [3.63, 3.8) is 0 Å². The summed E-state index contributed by atoms with van der Waals surface area (Å²) in [5.74, 6) is -0.497. The Morgan fingerprint density at radius 3 is 2.42 bits per heavy atom. The molecule has 2 aromatic carbocycles. The molecule has 1 aliphatic heterocycles. The lowest BCUT2D eigenvalue weighted by Crippen LogP contribution is -2.35. The summed E-state index contributed by atoms with van der Waals surface area (Å²) in [4.78, 5) is 24.3. The molecule has 1 fully saturated rings. The first-order valence-corrected chi connectivity index (χ1v) is 12.5. The highest BCUT2D eigenvalue weighted by molar-refractivity contribution is 7.89. The fraction of sp³-hybridized carbons (Fsp3) is 0.391. The summed E-state index contributed by atoms with van der Waals surface area (Å²) in [6.07, 6.45) is 3.16. The summed E-state index contributed by atoms with van der Waals surface area (Å²) in [5, 5.41) is 2.72. The van der Waals surface area contributed by atoms with Crippen LogP contribution in [0.3, 0.4) is 0 Å². The van der Waals surface area contributed by atoms with Gasteiger partial charge in [-0.25, -0.2) is 13.2 Å². The smallest absolute Gasteiger partial charge is 0.338 e. The standard InChI is InChI=1S/C23H27ClN2O6S/c1-31-19-8-5-17(6-9-19)11-12-25-22(27)16-32-23(28)18-7-10-20(24)21(15-18)33(29,30)26-13-3-2-4-14-26/h5-10,15H,2-4,11-14,16H2,1H3,(H,25,27). The van der Waals surface area contributed by atoms with Crippen molar-refractivity contribution in [3.05, 3.63) is 58.6 Å². The number of halogens is 1. The van der Waals surface area contributed by atoms with Crippen LogP contribution in [-0.4, -0.2) is 58.0 Å². The van der Waals surface area contributed by atoms with E-state index in [0.29, 0.717) is 26.1 Å². The zero-order valence-electron chi connectivity index (χ0n) is 18.4. The van der Waals surface area contributed by atoms with Gasteiger partial charge < -0.3 is 14.8 Å². The van der Waals surface area contributed by atoms with Crippen molar-refractivity contribution in [1.29, 1.82) is 0 Å². The molecule has 178 valence electrons. The molecule has 3 rings (SSSR count). The van der Waals surface area contributed by atoms with E-state index in [1.165, 1.54) is 22.5 Å². The third kappa shape index (κ3) is 6.69. The van der Waals surface area contributed by atoms with Gasteiger partial charge in [0.1, 0.15) is 10.6 Å². The van der Waals surface area contributed by atoms with Gasteiger partial charge in [0.05, 0.1) is 17.7 Å². The van der Waals surface area contributed by atoms with Gasteiger partial charge in [0.2, 0.25) is 10.0 Å². The molecule has 0 aliphatic carbocycles. The van der Waals surface area contributed by atoms with Crippen molar-refractivity contribution < 1.29 is 27.5 Å². The molecule has 33 heavy (non-hydrogen) atoms. The quantitative estimate of drug-likeness (QED) is 0.537. The maximum atomic E-state index is 12.9. The molecule has 0 saturated carbocycles. The van der Waals surface area contributed by atoms with E-state index < -0.39 is 28.5 Å². The summed E-state index contributed by atoms with van der Waals surface area (Å²) >= 11 is 6.13. The number of piperidine rings is 1. The number of hydrogen-bond donors (Lipinski definition) is 1. The van der Waals surface area contributed by atoms with Crippen LogP contribution in [0.5, 0.6) is 5.75 Å². The third-order valence-corrected chi connectivity index (χ3v) is 7.71. The van der Waals surface area contributed by atoms with Gasteiger partial charge in [-0.1, -0.05) is 30.2 Å². The van der Waals surface area contributed by atoms with Gasteiger partial charge in [-0.15, -0.1) is 0 Å². The van der Waals surface area contributed by atoms with Crippen LogP contribution < -0.4 is 10.1 Å². The lowest BCUT2D eigenvalue weighted by Gasteiger charge is -2.26. The highest BCUT2D eigenvalue weighted by Crippen LogP contribution is 2.28. The second kappa shape index (κ2) is 11.5. The summed E-state index contributed by atoms with van der Waals surface area (Å²) in [7, 11) is -2.22. The molecule has 0 radical (unpaired) electrons. The molecule has 10 heteroatoms. The Labute approximate surface area is 198 Å². The minimum Gasteiger partial charge on any atom is -0.497 e. The number of esters is 1. The minimum absolute atomic E-state index is 0.0148. The first-order valence-electron chi connectivity index (χ1n) is 10.7. The molecule has 1 saturated heterocycles. The number of carbonyl (C=O) groups excluding carboxylic acids is 2. The second-order valence-corrected chi connectivity index (χ2v) is 9.95. The van der Waals surface area contributed by atoms with E-state index in [-0.39, 0.29) is 15.5 Å². The number of sulfonamides is 1. The number of nitrogens with zero attached hydrogens (tertiary/aromatic N) is 1. The van der Waals surface area contributed by atoms with Crippen molar-refractivity contribution in [2.75, 3.05) is 33.4 Å². The number of hydrogen-bond acceptors (Lipinski definition) is 6. The van der Waals surface area contributed by atoms with Crippen molar-refractivity contribution in [2.24, 2.45) is 0 Å². The van der Waals surface area contributed by atoms with Crippen LogP contribution in [0.2, 0.25) is 5.02 Å². The minimum atomic E-state index is -3.82. The van der Waals surface area contributed by atoms with Gasteiger partial charge >= 0.3 is 5.97 Å². The van der Waals surface area contributed by atoms with Crippen LogP contribution in [-0.2, 0) is 26.0 Å². The molecule has 8 nitrogen and oxygen atoms in total. The average Bonchev–Trinajstić information content (AvgIpc) is 2.83. The molecule has 1 N–H and O–H groups in total. The zero-order valence-corrected chi connectivity index (χ0v) is 20.0. The Balaban J connectivity index is 1.53. The van der Waals surface area contributed by atoms with Crippen LogP contribution in [0.25, 0.3) is 0 Å². The van der Waals surface area contributed by atoms with Gasteiger partial charge in [0.15, 0.2) is 6.61 Å². The molecule has 0 bridgehead atoms. The first-order chi connectivity index (χ1) is 15.8. The lowest BCUT2D eigenvalue weighted by atomic mass is 10.1. The van der Waals surface area contributed by atoms with E-state index >= 15 is 0 Å². The molecule has 0 aromatic heterocycles. The summed E-state index contributed by atoms with van der Waals surface area (Å²) in [6, 6.07) is 11.4. The molecule has 1 aliphatic rings. The van der Waals surface area contributed by atoms with Crippen LogP contribution in [0.15, 0.2) is 47.4 Å². The normalized spacial score (nSPS) is 14.5. The highest BCUT2D eigenvalue weighted by Gasteiger charge is 2.29. The Hall–Kier alpha value is -2.62. The maximum Gasteiger partial charge on any atom is 0.338 e. The van der Waals surface area contributed by atoms with E-state index in [1.54, 1.807) is 7.11 Å². The monoisotopic (exact) mass is 494 g/mol. The van der Waals surface area contributed by atoms with Gasteiger partial charge in [-0.3, -0.25) is 4.79 Å². The molecule has 0 spiro atoms. The number of methoxy groups -OCH3 is 1. The van der Waals surface area contributed by atoms with Gasteiger partial charge in [0, 0.05) is 19.6 Å². The van der Waals surface area contributed by atoms with E-state index in [1.807, 2.05) is 24.3 Å². The predicted molar refractivity (Wildman–Crippen MR) is 124 cm³/mol. The van der Waals surface area contributed by atoms with Crippen LogP contribution in [0, 0.1) is 0 Å². The van der Waals surface area contributed by atoms with Gasteiger partial charge in [-0.2, -0.15) is 4.31 Å². The molecule has 0 unspecified atom stereocenters. The summed E-state index contributed by atoms with van der Waals surface area (Å²) < 4.78 is 37.4. The number of ether oxygens (including phenoxy) is 2. The average molecular weight is 495 g/mol. The number of benzene rings is 2. The Bertz CT molecular complexity index is 1080. The van der Waals surface area contributed by atoms with E-state index in [2.05, 4.69) is 5.32 Å². The predicted octanol–water partition coefficient (Wildman–Crippen LogP) is 3.04. The topological polar surface area (TPSA) is 102 Å². The molecule has 0 atom stereocenters. The van der Waals surface area contributed by atoms with E-state index in [9.17, 15) is 18.0 Å². The Kier molecular flexibility index (Phi) is 8.71. The van der Waals surface area contributed by atoms with Crippen molar-refractivity contribution in [3.8, 4) is 5.75 Å². The third-order valence-electron chi connectivity index (χ3n) is 5.33. The summed E-state index contributed by atoms with van der Waals surface area (Å²) in [6.45, 7) is 0.744. The SMILES string of the molecule is COc1ccc(CCNC(=O)COC(=O)c2ccc(Cl)c(S(=O)(=O)N3CCCCC3)c2)cc1. The van der Waals surface area contributed by atoms with E-state index in [0.717, 1.165) is 30.6 Å². The van der Waals surface area contributed by atoms with Crippen LogP contribution in [0.4, 0.5) is 0 Å². The largest absolute Gasteiger partial charge is 0.497 e. The highest BCUT2D eigenvalue weighted by atomic mass is 35.5. The number of nitrogens with one attached hydrogen (secondary N) is 1. The maximum absolute atomic E-state index is 12.9. The Morgan fingerprint density at radius 1 is 1.06 bits per heavy atom. The number of amides is 1. The number of carbonyl (C=O) groups is 2. The Morgan fingerprint density at radius 2 is 1.76 bits per heavy atom. The first kappa shape index (κ1) is 25.0. The lowest BCUT2D eigenvalue weighted by molar-refractivity contribution is -0.124. The van der Waals surface area contributed by atoms with Crippen molar-refractivity contribution in [1.82, 2.24) is 9.62 Å². The van der Waals surface area contributed by atoms with Crippen molar-refractivity contribution >= 4 is 33.5 Å². The fourth-order valence-electron chi connectivity index (χ4n) is 3.48. The van der Waals surface area contributed by atoms with Crippen LogP contribution >= 0.6 is 11.6 Å². The molecular weight excluding hydrogens is 468 g/mol. The molecule has 1 amide bonds. The van der Waals surface area contributed by atoms with Crippen LogP contribution in [0.1, 0.15) is 35.2 Å². The molecular formula is C23H27ClN2O6S. The van der Waals surface area contributed by atoms with Gasteiger partial charge in [0.25, 0.3) is 5.91 Å². The second-order valence-electron chi connectivity index (χ2n) is 7.63. The number of rotatable bonds is 9. The fourth-order valence-corrected chi connectivity index (χ4v) is 5.49.